The first-order valence-electron chi connectivity index (χ1n) is 6.29. The number of hydrogen-bond acceptors (Lipinski definition) is 3. The molecule has 0 unspecified atom stereocenters. The maximum absolute atomic E-state index is 12.1. The van der Waals surface area contributed by atoms with Crippen LogP contribution < -0.4 is 0 Å². The molecular formula is C16H14O3. The molecular weight excluding hydrogens is 240 g/mol. The number of Topliss-reactive ketones (excluding diaryl/α,β-unsaturated/α-hetero) is 1. The molecule has 2 heterocycles. The van der Waals surface area contributed by atoms with Crippen molar-refractivity contribution >= 4 is 16.8 Å². The highest BCUT2D eigenvalue weighted by molar-refractivity contribution is 5.98. The van der Waals surface area contributed by atoms with Gasteiger partial charge in [-0.25, -0.2) is 0 Å². The van der Waals surface area contributed by atoms with Gasteiger partial charge in [0.05, 0.1) is 6.26 Å². The Morgan fingerprint density at radius 3 is 2.84 bits per heavy atom. The number of hydrogen-bond donors (Lipinski definition) is 0. The van der Waals surface area contributed by atoms with Gasteiger partial charge < -0.3 is 8.83 Å². The Bertz CT molecular complexity index is 705. The van der Waals surface area contributed by atoms with E-state index in [1.54, 1.807) is 6.26 Å². The Balaban J connectivity index is 1.80. The largest absolute Gasteiger partial charge is 0.469 e. The van der Waals surface area contributed by atoms with E-state index in [0.717, 1.165) is 22.3 Å². The van der Waals surface area contributed by atoms with Crippen molar-refractivity contribution < 1.29 is 13.6 Å². The van der Waals surface area contributed by atoms with Gasteiger partial charge >= 0.3 is 0 Å². The van der Waals surface area contributed by atoms with Crippen molar-refractivity contribution in [2.45, 2.75) is 19.8 Å². The van der Waals surface area contributed by atoms with Gasteiger partial charge in [0.15, 0.2) is 11.5 Å². The fraction of sp³-hybridized carbons (Fsp3) is 0.188. The van der Waals surface area contributed by atoms with Crippen LogP contribution in [0.25, 0.3) is 11.0 Å². The zero-order valence-corrected chi connectivity index (χ0v) is 10.7. The lowest BCUT2D eigenvalue weighted by Gasteiger charge is -1.95. The fourth-order valence-electron chi connectivity index (χ4n) is 2.16. The van der Waals surface area contributed by atoms with Crippen molar-refractivity contribution in [2.24, 2.45) is 0 Å². The Kier molecular flexibility index (Phi) is 2.95. The summed E-state index contributed by atoms with van der Waals surface area (Å²) >= 11 is 0. The van der Waals surface area contributed by atoms with Crippen molar-refractivity contribution in [3.8, 4) is 0 Å². The van der Waals surface area contributed by atoms with Gasteiger partial charge in [-0.15, -0.1) is 0 Å². The highest BCUT2D eigenvalue weighted by atomic mass is 16.3. The van der Waals surface area contributed by atoms with E-state index in [-0.39, 0.29) is 5.78 Å². The van der Waals surface area contributed by atoms with E-state index in [4.69, 9.17) is 8.83 Å². The Morgan fingerprint density at radius 2 is 2.11 bits per heavy atom. The zero-order chi connectivity index (χ0) is 13.2. The average Bonchev–Trinajstić information content (AvgIpc) is 3.05. The summed E-state index contributed by atoms with van der Waals surface area (Å²) in [5, 5.41) is 0.973. The monoisotopic (exact) mass is 254 g/mol. The van der Waals surface area contributed by atoms with E-state index in [2.05, 4.69) is 0 Å². The molecule has 0 fully saturated rings. The van der Waals surface area contributed by atoms with Crippen LogP contribution in [0.3, 0.4) is 0 Å². The number of para-hydroxylation sites is 1. The van der Waals surface area contributed by atoms with Crippen LogP contribution in [0.2, 0.25) is 0 Å². The lowest BCUT2D eigenvalue weighted by Crippen LogP contribution is -1.98. The molecule has 3 nitrogen and oxygen atoms in total. The molecule has 0 N–H and O–H groups in total. The number of benzene rings is 1. The number of fused-ring (bicyclic) bond motifs is 1. The molecule has 0 atom stereocenters. The van der Waals surface area contributed by atoms with Crippen LogP contribution in [0.1, 0.15) is 28.3 Å². The summed E-state index contributed by atoms with van der Waals surface area (Å²) < 4.78 is 10.9. The number of furan rings is 2. The minimum atomic E-state index is 0.00648. The molecule has 0 bridgehead atoms. The van der Waals surface area contributed by atoms with E-state index in [0.29, 0.717) is 18.6 Å². The molecule has 0 saturated carbocycles. The van der Waals surface area contributed by atoms with Crippen LogP contribution in [0, 0.1) is 6.92 Å². The molecule has 3 aromatic rings. The zero-order valence-electron chi connectivity index (χ0n) is 10.7. The van der Waals surface area contributed by atoms with Gasteiger partial charge in [-0.1, -0.05) is 18.2 Å². The second kappa shape index (κ2) is 4.76. The van der Waals surface area contributed by atoms with Gasteiger partial charge in [0, 0.05) is 18.2 Å². The van der Waals surface area contributed by atoms with Gasteiger partial charge in [-0.3, -0.25) is 4.79 Å². The van der Waals surface area contributed by atoms with Crippen molar-refractivity contribution in [3.63, 3.8) is 0 Å². The summed E-state index contributed by atoms with van der Waals surface area (Å²) in [6.45, 7) is 1.98. The van der Waals surface area contributed by atoms with Crippen molar-refractivity contribution in [3.05, 3.63) is 59.7 Å². The average molecular weight is 254 g/mol. The summed E-state index contributed by atoms with van der Waals surface area (Å²) in [7, 11) is 0. The topological polar surface area (TPSA) is 43.4 Å². The first kappa shape index (κ1) is 11.8. The van der Waals surface area contributed by atoms with Crippen LogP contribution in [0.5, 0.6) is 0 Å². The standard InChI is InChI=1S/C16H14O3/c1-11-4-2-5-12-10-15(19-16(11)12)14(17)8-7-13-6-3-9-18-13/h2-6,9-10H,7-8H2,1H3. The molecule has 1 aromatic carbocycles. The molecule has 0 saturated heterocycles. The number of aryl methyl sites for hydroxylation is 2. The maximum atomic E-state index is 12.1. The summed E-state index contributed by atoms with van der Waals surface area (Å²) in [5.74, 6) is 1.25. The SMILES string of the molecule is Cc1cccc2cc(C(=O)CCc3ccco3)oc12. The second-order valence-electron chi connectivity index (χ2n) is 4.61. The molecule has 0 amide bonds. The minimum Gasteiger partial charge on any atom is -0.469 e. The van der Waals surface area contributed by atoms with E-state index in [1.165, 1.54) is 0 Å². The van der Waals surface area contributed by atoms with Crippen molar-refractivity contribution in [1.82, 2.24) is 0 Å². The smallest absolute Gasteiger partial charge is 0.198 e. The highest BCUT2D eigenvalue weighted by Gasteiger charge is 2.13. The third-order valence-electron chi connectivity index (χ3n) is 3.19. The van der Waals surface area contributed by atoms with E-state index in [1.807, 2.05) is 43.3 Å². The molecule has 3 rings (SSSR count). The van der Waals surface area contributed by atoms with E-state index >= 15 is 0 Å². The van der Waals surface area contributed by atoms with Gasteiger partial charge in [-0.05, 0) is 30.7 Å². The maximum Gasteiger partial charge on any atom is 0.198 e. The fourth-order valence-corrected chi connectivity index (χ4v) is 2.16. The molecule has 19 heavy (non-hydrogen) atoms. The predicted octanol–water partition coefficient (Wildman–Crippen LogP) is 4.15. The minimum absolute atomic E-state index is 0.00648. The normalized spacial score (nSPS) is 11.0. The Labute approximate surface area is 110 Å². The summed E-state index contributed by atoms with van der Waals surface area (Å²) in [6, 6.07) is 11.4. The van der Waals surface area contributed by atoms with E-state index in [9.17, 15) is 4.79 Å². The summed E-state index contributed by atoms with van der Waals surface area (Å²) in [4.78, 5) is 12.1. The Morgan fingerprint density at radius 1 is 1.21 bits per heavy atom. The van der Waals surface area contributed by atoms with Gasteiger partial charge in [0.2, 0.25) is 0 Å². The van der Waals surface area contributed by atoms with Gasteiger partial charge in [-0.2, -0.15) is 0 Å². The first-order valence-corrected chi connectivity index (χ1v) is 6.29. The van der Waals surface area contributed by atoms with Crippen LogP contribution in [-0.4, -0.2) is 5.78 Å². The van der Waals surface area contributed by atoms with Crippen molar-refractivity contribution in [2.75, 3.05) is 0 Å². The summed E-state index contributed by atoms with van der Waals surface area (Å²) in [5.41, 5.74) is 1.84. The quantitative estimate of drug-likeness (QED) is 0.657. The number of carbonyl (C=O) groups excluding carboxylic acids is 1. The van der Waals surface area contributed by atoms with Crippen LogP contribution in [0.4, 0.5) is 0 Å². The Hall–Kier alpha value is -2.29. The second-order valence-corrected chi connectivity index (χ2v) is 4.61. The van der Waals surface area contributed by atoms with Crippen LogP contribution in [0.15, 0.2) is 51.5 Å². The van der Waals surface area contributed by atoms with Gasteiger partial charge in [0.1, 0.15) is 11.3 Å². The molecule has 0 radical (unpaired) electrons. The lowest BCUT2D eigenvalue weighted by atomic mass is 10.1. The van der Waals surface area contributed by atoms with Crippen LogP contribution in [-0.2, 0) is 6.42 Å². The van der Waals surface area contributed by atoms with Gasteiger partial charge in [0.25, 0.3) is 0 Å². The molecule has 0 aliphatic rings. The molecule has 2 aromatic heterocycles. The number of rotatable bonds is 4. The number of carbonyl (C=O) groups is 1. The highest BCUT2D eigenvalue weighted by Crippen LogP contribution is 2.23. The third kappa shape index (κ3) is 2.32. The van der Waals surface area contributed by atoms with Crippen molar-refractivity contribution in [1.29, 1.82) is 0 Å². The summed E-state index contributed by atoms with van der Waals surface area (Å²) in [6.07, 6.45) is 2.61. The van der Waals surface area contributed by atoms with E-state index < -0.39 is 0 Å². The lowest BCUT2D eigenvalue weighted by molar-refractivity contribution is 0.0956. The first-order chi connectivity index (χ1) is 9.24. The number of ketones is 1. The molecule has 0 aliphatic heterocycles. The molecule has 0 aliphatic carbocycles. The predicted molar refractivity (Wildman–Crippen MR) is 72.3 cm³/mol. The van der Waals surface area contributed by atoms with Crippen LogP contribution >= 0.6 is 0 Å². The molecule has 0 spiro atoms. The third-order valence-corrected chi connectivity index (χ3v) is 3.19. The molecule has 96 valence electrons. The molecule has 3 heteroatoms.